The number of rotatable bonds is 7. The lowest BCUT2D eigenvalue weighted by atomic mass is 10.1. The molecule has 21 heavy (non-hydrogen) atoms. The van der Waals surface area contributed by atoms with E-state index >= 15 is 0 Å². The van der Waals surface area contributed by atoms with Crippen molar-refractivity contribution in [1.82, 2.24) is 5.32 Å². The minimum Gasteiger partial charge on any atom is -0.480 e. The van der Waals surface area contributed by atoms with Gasteiger partial charge in [0.1, 0.15) is 6.04 Å². The number of carboxylic acid groups (broad SMARTS) is 1. The molecule has 1 aromatic rings. The van der Waals surface area contributed by atoms with Gasteiger partial charge in [-0.2, -0.15) is 0 Å². The second-order valence-electron chi connectivity index (χ2n) is 4.30. The summed E-state index contributed by atoms with van der Waals surface area (Å²) in [6, 6.07) is 4.88. The maximum absolute atomic E-state index is 12.0. The van der Waals surface area contributed by atoms with Gasteiger partial charge in [-0.1, -0.05) is 12.1 Å². The molecule has 0 radical (unpaired) electrons. The van der Waals surface area contributed by atoms with Gasteiger partial charge < -0.3 is 15.2 Å². The molecule has 0 fully saturated rings. The topological polar surface area (TPSA) is 92.7 Å². The summed E-state index contributed by atoms with van der Waals surface area (Å²) < 4.78 is 4.57. The molecule has 2 N–H and O–H groups in total. The third kappa shape index (κ3) is 4.76. The van der Waals surface area contributed by atoms with E-state index in [-0.39, 0.29) is 17.5 Å². The van der Waals surface area contributed by atoms with Crippen LogP contribution in [0.3, 0.4) is 0 Å². The van der Waals surface area contributed by atoms with Crippen molar-refractivity contribution in [3.63, 3.8) is 0 Å². The predicted molar refractivity (Wildman–Crippen MR) is 76.1 cm³/mol. The Kier molecular flexibility index (Phi) is 6.13. The van der Waals surface area contributed by atoms with Crippen LogP contribution >= 0.6 is 0 Å². The number of hydrogen-bond acceptors (Lipinski definition) is 4. The maximum Gasteiger partial charge on any atom is 0.337 e. The number of aliphatic carboxylic acids is 1. The molecule has 0 aliphatic heterocycles. The van der Waals surface area contributed by atoms with Crippen LogP contribution in [0.4, 0.5) is 0 Å². The smallest absolute Gasteiger partial charge is 0.337 e. The quantitative estimate of drug-likeness (QED) is 0.588. The lowest BCUT2D eigenvalue weighted by Crippen LogP contribution is -2.40. The van der Waals surface area contributed by atoms with E-state index in [9.17, 15) is 14.4 Å². The van der Waals surface area contributed by atoms with Gasteiger partial charge in [-0.15, -0.1) is 6.58 Å². The Bertz CT molecular complexity index is 553. The Hall–Kier alpha value is -2.63. The van der Waals surface area contributed by atoms with Crippen molar-refractivity contribution >= 4 is 17.8 Å². The first kappa shape index (κ1) is 16.4. The third-order valence-electron chi connectivity index (χ3n) is 2.81. The van der Waals surface area contributed by atoms with Gasteiger partial charge in [0.25, 0.3) is 5.91 Å². The highest BCUT2D eigenvalue weighted by Gasteiger charge is 2.20. The van der Waals surface area contributed by atoms with Crippen LogP contribution in [-0.2, 0) is 9.53 Å². The number of carboxylic acids is 1. The van der Waals surface area contributed by atoms with E-state index in [1.807, 2.05) is 0 Å². The van der Waals surface area contributed by atoms with Gasteiger partial charge in [0.15, 0.2) is 0 Å². The number of allylic oxidation sites excluding steroid dienone is 1. The number of carbonyl (C=O) groups excluding carboxylic acids is 2. The highest BCUT2D eigenvalue weighted by Crippen LogP contribution is 2.08. The summed E-state index contributed by atoms with van der Waals surface area (Å²) in [4.78, 5) is 34.5. The standard InChI is InChI=1S/C15H17NO5/c1-3-4-8-12(14(18)19)16-13(17)10-6-5-7-11(9-10)15(20)21-2/h3,5-7,9,12H,1,4,8H2,2H3,(H,16,17)(H,18,19)/t12-/m1/s1. The lowest BCUT2D eigenvalue weighted by Gasteiger charge is -2.13. The Morgan fingerprint density at radius 1 is 1.38 bits per heavy atom. The average molecular weight is 291 g/mol. The number of ether oxygens (including phenoxy) is 1. The van der Waals surface area contributed by atoms with Gasteiger partial charge in [-0.3, -0.25) is 4.79 Å². The Labute approximate surface area is 122 Å². The fourth-order valence-corrected chi connectivity index (χ4v) is 1.69. The van der Waals surface area contributed by atoms with Crippen molar-refractivity contribution in [2.24, 2.45) is 0 Å². The Morgan fingerprint density at radius 2 is 2.05 bits per heavy atom. The van der Waals surface area contributed by atoms with Gasteiger partial charge >= 0.3 is 11.9 Å². The first-order chi connectivity index (χ1) is 9.99. The van der Waals surface area contributed by atoms with E-state index in [4.69, 9.17) is 5.11 Å². The van der Waals surface area contributed by atoms with Crippen LogP contribution in [0.1, 0.15) is 33.6 Å². The largest absolute Gasteiger partial charge is 0.480 e. The summed E-state index contributed by atoms with van der Waals surface area (Å²) in [7, 11) is 1.24. The first-order valence-corrected chi connectivity index (χ1v) is 6.32. The number of methoxy groups -OCH3 is 1. The second-order valence-corrected chi connectivity index (χ2v) is 4.30. The molecule has 0 heterocycles. The number of carbonyl (C=O) groups is 3. The summed E-state index contributed by atoms with van der Waals surface area (Å²) in [5.41, 5.74) is 0.422. The molecule has 1 atom stereocenters. The van der Waals surface area contributed by atoms with Gasteiger partial charge in [0.2, 0.25) is 0 Å². The summed E-state index contributed by atoms with van der Waals surface area (Å²) >= 11 is 0. The van der Waals surface area contributed by atoms with E-state index in [0.717, 1.165) is 0 Å². The molecule has 0 saturated carbocycles. The van der Waals surface area contributed by atoms with E-state index in [1.54, 1.807) is 6.08 Å². The van der Waals surface area contributed by atoms with Crippen molar-refractivity contribution in [2.45, 2.75) is 18.9 Å². The molecule has 0 bridgehead atoms. The van der Waals surface area contributed by atoms with Gasteiger partial charge in [0, 0.05) is 5.56 Å². The molecule has 0 aliphatic carbocycles. The Balaban J connectivity index is 2.84. The SMILES string of the molecule is C=CCC[C@@H](NC(=O)c1cccc(C(=O)OC)c1)C(=O)O. The molecular formula is C15H17NO5. The van der Waals surface area contributed by atoms with Crippen molar-refractivity contribution in [2.75, 3.05) is 7.11 Å². The van der Waals surface area contributed by atoms with Crippen LogP contribution in [0.25, 0.3) is 0 Å². The van der Waals surface area contributed by atoms with Crippen LogP contribution < -0.4 is 5.32 Å². The van der Waals surface area contributed by atoms with Crippen LogP contribution in [0.2, 0.25) is 0 Å². The number of benzene rings is 1. The van der Waals surface area contributed by atoms with Gasteiger partial charge in [-0.05, 0) is 31.0 Å². The zero-order valence-electron chi connectivity index (χ0n) is 11.7. The minimum atomic E-state index is -1.12. The molecule has 1 aromatic carbocycles. The normalized spacial score (nSPS) is 11.3. The molecule has 1 amide bonds. The number of nitrogens with one attached hydrogen (secondary N) is 1. The van der Waals surface area contributed by atoms with Crippen LogP contribution in [0.5, 0.6) is 0 Å². The molecule has 1 rings (SSSR count). The summed E-state index contributed by atoms with van der Waals surface area (Å²) in [5, 5.41) is 11.5. The van der Waals surface area contributed by atoms with E-state index < -0.39 is 23.9 Å². The average Bonchev–Trinajstić information content (AvgIpc) is 2.50. The molecule has 0 saturated heterocycles. The van der Waals surface area contributed by atoms with Crippen molar-refractivity contribution in [3.05, 3.63) is 48.0 Å². The minimum absolute atomic E-state index is 0.197. The van der Waals surface area contributed by atoms with Gasteiger partial charge in [-0.25, -0.2) is 9.59 Å². The van der Waals surface area contributed by atoms with Crippen LogP contribution in [-0.4, -0.2) is 36.1 Å². The van der Waals surface area contributed by atoms with Crippen molar-refractivity contribution in [3.8, 4) is 0 Å². The Morgan fingerprint density at radius 3 is 2.62 bits per heavy atom. The summed E-state index contributed by atoms with van der Waals surface area (Å²) in [5.74, 6) is -2.24. The first-order valence-electron chi connectivity index (χ1n) is 6.32. The van der Waals surface area contributed by atoms with E-state index in [2.05, 4.69) is 16.6 Å². The van der Waals surface area contributed by atoms with Crippen molar-refractivity contribution in [1.29, 1.82) is 0 Å². The lowest BCUT2D eigenvalue weighted by molar-refractivity contribution is -0.139. The van der Waals surface area contributed by atoms with Crippen molar-refractivity contribution < 1.29 is 24.2 Å². The number of esters is 1. The molecule has 6 nitrogen and oxygen atoms in total. The molecular weight excluding hydrogens is 274 g/mol. The molecule has 0 spiro atoms. The summed E-state index contributed by atoms with van der Waals surface area (Å²) in [6.45, 7) is 3.51. The molecule has 0 unspecified atom stereocenters. The molecule has 0 aromatic heterocycles. The fourth-order valence-electron chi connectivity index (χ4n) is 1.69. The maximum atomic E-state index is 12.0. The second kappa shape index (κ2) is 7.84. The third-order valence-corrected chi connectivity index (χ3v) is 2.81. The fraction of sp³-hybridized carbons (Fsp3) is 0.267. The summed E-state index contributed by atoms with van der Waals surface area (Å²) in [6.07, 6.45) is 2.31. The highest BCUT2D eigenvalue weighted by atomic mass is 16.5. The monoisotopic (exact) mass is 291 g/mol. The zero-order valence-corrected chi connectivity index (χ0v) is 11.7. The molecule has 112 valence electrons. The zero-order chi connectivity index (χ0) is 15.8. The van der Waals surface area contributed by atoms with E-state index in [1.165, 1.54) is 31.4 Å². The number of amides is 1. The van der Waals surface area contributed by atoms with E-state index in [0.29, 0.717) is 6.42 Å². The van der Waals surface area contributed by atoms with Crippen LogP contribution in [0.15, 0.2) is 36.9 Å². The molecule has 6 heteroatoms. The van der Waals surface area contributed by atoms with Crippen LogP contribution in [0, 0.1) is 0 Å². The predicted octanol–water partition coefficient (Wildman–Crippen LogP) is 1.62. The molecule has 0 aliphatic rings. The highest BCUT2D eigenvalue weighted by molar-refractivity contribution is 5.99. The van der Waals surface area contributed by atoms with Gasteiger partial charge in [0.05, 0.1) is 12.7 Å². The number of hydrogen-bond donors (Lipinski definition) is 2.